The predicted octanol–water partition coefficient (Wildman–Crippen LogP) is 4.10. The molecule has 7 heteroatoms. The van der Waals surface area contributed by atoms with E-state index in [2.05, 4.69) is 15.6 Å². The number of halogens is 1. The summed E-state index contributed by atoms with van der Waals surface area (Å²) in [6, 6.07) is 11.1. The zero-order chi connectivity index (χ0) is 20.7. The number of hydrogen-bond donors (Lipinski definition) is 4. The first kappa shape index (κ1) is 18.5. The van der Waals surface area contributed by atoms with Gasteiger partial charge in [0.15, 0.2) is 0 Å². The molecule has 0 atom stereocenters. The van der Waals surface area contributed by atoms with E-state index in [1.54, 1.807) is 44.2 Å². The molecule has 0 bridgehead atoms. The maximum absolute atomic E-state index is 13.7. The fourth-order valence-corrected chi connectivity index (χ4v) is 3.50. The number of nitrogens with one attached hydrogen (secondary N) is 3. The van der Waals surface area contributed by atoms with Crippen LogP contribution in [-0.4, -0.2) is 16.8 Å². The molecule has 0 fully saturated rings. The summed E-state index contributed by atoms with van der Waals surface area (Å²) in [6.45, 7) is 3.57. The maximum atomic E-state index is 13.7. The zero-order valence-electron chi connectivity index (χ0n) is 15.9. The van der Waals surface area contributed by atoms with Gasteiger partial charge < -0.3 is 21.4 Å². The van der Waals surface area contributed by atoms with E-state index in [1.807, 2.05) is 0 Å². The van der Waals surface area contributed by atoms with Crippen molar-refractivity contribution in [3.63, 3.8) is 0 Å². The van der Waals surface area contributed by atoms with Gasteiger partial charge in [0.25, 0.3) is 11.8 Å². The minimum absolute atomic E-state index is 0.305. The molecular formula is C22H19FN4O2. The number of benzene rings is 2. The van der Waals surface area contributed by atoms with Gasteiger partial charge in [-0.25, -0.2) is 4.39 Å². The van der Waals surface area contributed by atoms with E-state index < -0.39 is 5.82 Å². The standard InChI is InChI=1S/C22H19FN4O2/c1-11-19(10-15-14-9-13(23)7-8-17(14)26-21(15)28)25-12(2)20(11)22(29)27-18-6-4-3-5-16(18)24/h3-10,25H,24H2,1-2H3,(H,26,28)(H,27,29)/b15-10-. The fraction of sp³-hybridized carbons (Fsp3) is 0.0909. The van der Waals surface area contributed by atoms with E-state index in [9.17, 15) is 14.0 Å². The lowest BCUT2D eigenvalue weighted by atomic mass is 10.0. The average Bonchev–Trinajstić information content (AvgIpc) is 3.13. The van der Waals surface area contributed by atoms with Gasteiger partial charge in [0, 0.05) is 22.6 Å². The van der Waals surface area contributed by atoms with Crippen molar-refractivity contribution in [2.75, 3.05) is 16.4 Å². The highest BCUT2D eigenvalue weighted by Gasteiger charge is 2.26. The molecule has 0 unspecified atom stereocenters. The number of carbonyl (C=O) groups is 2. The predicted molar refractivity (Wildman–Crippen MR) is 112 cm³/mol. The van der Waals surface area contributed by atoms with Gasteiger partial charge in [-0.1, -0.05) is 12.1 Å². The Bertz CT molecular complexity index is 1190. The highest BCUT2D eigenvalue weighted by Crippen LogP contribution is 2.34. The third kappa shape index (κ3) is 3.27. The number of aromatic amines is 1. The first-order valence-electron chi connectivity index (χ1n) is 9.03. The third-order valence-corrected chi connectivity index (χ3v) is 4.97. The fourth-order valence-electron chi connectivity index (χ4n) is 3.50. The lowest BCUT2D eigenvalue weighted by Crippen LogP contribution is -2.14. The highest BCUT2D eigenvalue weighted by atomic mass is 19.1. The molecule has 2 amide bonds. The minimum Gasteiger partial charge on any atom is -0.397 e. The number of nitrogen functional groups attached to an aromatic ring is 1. The van der Waals surface area contributed by atoms with Crippen LogP contribution in [0.3, 0.4) is 0 Å². The molecule has 1 aliphatic rings. The Balaban J connectivity index is 1.71. The topological polar surface area (TPSA) is 100 Å². The summed E-state index contributed by atoms with van der Waals surface area (Å²) < 4.78 is 13.7. The van der Waals surface area contributed by atoms with E-state index in [0.717, 1.165) is 0 Å². The SMILES string of the molecule is Cc1[nH]c(/C=C2\C(=O)Nc3ccc(F)cc32)c(C)c1C(=O)Nc1ccccc1N. The molecule has 2 heterocycles. The molecule has 0 aliphatic carbocycles. The number of aromatic nitrogens is 1. The Morgan fingerprint density at radius 1 is 1.17 bits per heavy atom. The number of rotatable bonds is 3. The molecule has 0 spiro atoms. The third-order valence-electron chi connectivity index (χ3n) is 4.97. The van der Waals surface area contributed by atoms with Crippen LogP contribution in [0.25, 0.3) is 11.6 Å². The van der Waals surface area contributed by atoms with Crippen molar-refractivity contribution in [1.82, 2.24) is 4.98 Å². The Morgan fingerprint density at radius 3 is 2.69 bits per heavy atom. The van der Waals surface area contributed by atoms with Crippen molar-refractivity contribution < 1.29 is 14.0 Å². The maximum Gasteiger partial charge on any atom is 0.257 e. The van der Waals surface area contributed by atoms with Crippen LogP contribution in [0, 0.1) is 19.7 Å². The number of para-hydroxylation sites is 2. The van der Waals surface area contributed by atoms with E-state index in [1.165, 1.54) is 18.2 Å². The van der Waals surface area contributed by atoms with Crippen LogP contribution in [0.2, 0.25) is 0 Å². The van der Waals surface area contributed by atoms with E-state index in [4.69, 9.17) is 5.73 Å². The molecule has 0 saturated heterocycles. The normalized spacial score (nSPS) is 14.0. The van der Waals surface area contributed by atoms with Crippen molar-refractivity contribution in [3.8, 4) is 0 Å². The molecule has 3 aromatic rings. The van der Waals surface area contributed by atoms with Crippen LogP contribution in [0.1, 0.15) is 32.9 Å². The molecule has 146 valence electrons. The molecule has 2 aromatic carbocycles. The van der Waals surface area contributed by atoms with Crippen molar-refractivity contribution >= 4 is 40.5 Å². The monoisotopic (exact) mass is 390 g/mol. The number of hydrogen-bond acceptors (Lipinski definition) is 3. The quantitative estimate of drug-likeness (QED) is 0.400. The summed E-state index contributed by atoms with van der Waals surface area (Å²) in [5.41, 5.74) is 10.7. The Morgan fingerprint density at radius 2 is 1.93 bits per heavy atom. The van der Waals surface area contributed by atoms with E-state index in [-0.39, 0.29) is 11.8 Å². The number of fused-ring (bicyclic) bond motifs is 1. The summed E-state index contributed by atoms with van der Waals surface area (Å²) in [7, 11) is 0. The number of aryl methyl sites for hydroxylation is 1. The van der Waals surface area contributed by atoms with Gasteiger partial charge in [0.1, 0.15) is 5.82 Å². The highest BCUT2D eigenvalue weighted by molar-refractivity contribution is 6.35. The van der Waals surface area contributed by atoms with Crippen molar-refractivity contribution in [1.29, 1.82) is 0 Å². The Kier molecular flexibility index (Phi) is 4.43. The first-order valence-corrected chi connectivity index (χ1v) is 9.03. The second kappa shape index (κ2) is 6.94. The lowest BCUT2D eigenvalue weighted by Gasteiger charge is -2.08. The first-order chi connectivity index (χ1) is 13.8. The molecule has 5 N–H and O–H groups in total. The lowest BCUT2D eigenvalue weighted by molar-refractivity contribution is -0.110. The number of amides is 2. The average molecular weight is 390 g/mol. The second-order valence-corrected chi connectivity index (χ2v) is 6.91. The molecule has 1 aromatic heterocycles. The summed E-state index contributed by atoms with van der Waals surface area (Å²) in [5.74, 6) is -1.05. The Hall–Kier alpha value is -3.87. The number of nitrogens with two attached hydrogens (primary N) is 1. The molecule has 0 saturated carbocycles. The molecule has 4 rings (SSSR count). The molecular weight excluding hydrogens is 371 g/mol. The zero-order valence-corrected chi connectivity index (χ0v) is 15.9. The van der Waals surface area contributed by atoms with Crippen molar-refractivity contribution in [2.24, 2.45) is 0 Å². The van der Waals surface area contributed by atoms with Crippen LogP contribution in [0.4, 0.5) is 21.5 Å². The van der Waals surface area contributed by atoms with Crippen LogP contribution in [0.15, 0.2) is 42.5 Å². The number of H-pyrrole nitrogens is 1. The molecule has 6 nitrogen and oxygen atoms in total. The Labute approximate surface area is 166 Å². The second-order valence-electron chi connectivity index (χ2n) is 6.91. The number of anilines is 3. The van der Waals surface area contributed by atoms with Crippen molar-refractivity contribution in [3.05, 3.63) is 76.4 Å². The number of carbonyl (C=O) groups excluding carboxylic acids is 2. The summed E-state index contributed by atoms with van der Waals surface area (Å²) in [4.78, 5) is 28.3. The van der Waals surface area contributed by atoms with Gasteiger partial charge in [0.05, 0.1) is 22.5 Å². The summed E-state index contributed by atoms with van der Waals surface area (Å²) in [5, 5.41) is 5.53. The molecule has 1 aliphatic heterocycles. The molecule has 29 heavy (non-hydrogen) atoms. The van der Waals surface area contributed by atoms with Crippen molar-refractivity contribution in [2.45, 2.75) is 13.8 Å². The van der Waals surface area contributed by atoms with Gasteiger partial charge >= 0.3 is 0 Å². The van der Waals surface area contributed by atoms with Crippen LogP contribution >= 0.6 is 0 Å². The van der Waals surface area contributed by atoms with Gasteiger partial charge in [0.2, 0.25) is 0 Å². The van der Waals surface area contributed by atoms with E-state index in [0.29, 0.717) is 50.7 Å². The van der Waals surface area contributed by atoms with Crippen LogP contribution in [-0.2, 0) is 4.79 Å². The van der Waals surface area contributed by atoms with Crippen LogP contribution in [0.5, 0.6) is 0 Å². The summed E-state index contributed by atoms with van der Waals surface area (Å²) in [6.07, 6.45) is 1.64. The van der Waals surface area contributed by atoms with Gasteiger partial charge in [-0.05, 0) is 55.8 Å². The van der Waals surface area contributed by atoms with Gasteiger partial charge in [-0.2, -0.15) is 0 Å². The van der Waals surface area contributed by atoms with Gasteiger partial charge in [-0.15, -0.1) is 0 Å². The van der Waals surface area contributed by atoms with Gasteiger partial charge in [-0.3, -0.25) is 9.59 Å². The van der Waals surface area contributed by atoms with Crippen LogP contribution < -0.4 is 16.4 Å². The smallest absolute Gasteiger partial charge is 0.257 e. The van der Waals surface area contributed by atoms with E-state index >= 15 is 0 Å². The summed E-state index contributed by atoms with van der Waals surface area (Å²) >= 11 is 0. The minimum atomic E-state index is -0.425. The largest absolute Gasteiger partial charge is 0.397 e. The molecule has 0 radical (unpaired) electrons.